The van der Waals surface area contributed by atoms with Crippen LogP contribution in [0.15, 0.2) is 35.2 Å². The zero-order valence-electron chi connectivity index (χ0n) is 13.6. The molecule has 0 fully saturated rings. The van der Waals surface area contributed by atoms with Gasteiger partial charge < -0.3 is 10.2 Å². The van der Waals surface area contributed by atoms with Gasteiger partial charge in [-0.05, 0) is 49.1 Å². The topological polar surface area (TPSA) is 104 Å². The average molecular weight is 349 g/mol. The van der Waals surface area contributed by atoms with E-state index in [2.05, 4.69) is 4.72 Å². The van der Waals surface area contributed by atoms with E-state index in [4.69, 9.17) is 5.11 Å². The summed E-state index contributed by atoms with van der Waals surface area (Å²) in [5.41, 5.74) is 1.97. The molecule has 0 aliphatic heterocycles. The molecule has 2 aromatic carbocycles. The van der Waals surface area contributed by atoms with E-state index >= 15 is 0 Å². The fourth-order valence-corrected chi connectivity index (χ4v) is 3.85. The Morgan fingerprint density at radius 2 is 1.88 bits per heavy atom. The van der Waals surface area contributed by atoms with Gasteiger partial charge in [-0.3, -0.25) is 4.72 Å². The van der Waals surface area contributed by atoms with Gasteiger partial charge in [0.1, 0.15) is 10.5 Å². The molecule has 0 saturated carbocycles. The summed E-state index contributed by atoms with van der Waals surface area (Å²) < 4.78 is 27.9. The highest BCUT2D eigenvalue weighted by Crippen LogP contribution is 2.31. The third kappa shape index (κ3) is 3.35. The van der Waals surface area contributed by atoms with Crippen molar-refractivity contribution in [2.24, 2.45) is 0 Å². The molecular formula is C17H19NO5S. The van der Waals surface area contributed by atoms with Gasteiger partial charge >= 0.3 is 5.97 Å². The number of hydrogen-bond donors (Lipinski definition) is 3. The summed E-state index contributed by atoms with van der Waals surface area (Å²) in [6.45, 7) is 5.24. The van der Waals surface area contributed by atoms with E-state index in [1.54, 1.807) is 19.9 Å². The number of aryl methyl sites for hydroxylation is 3. The first-order chi connectivity index (χ1) is 11.2. The second kappa shape index (κ2) is 6.52. The Morgan fingerprint density at radius 3 is 2.46 bits per heavy atom. The van der Waals surface area contributed by atoms with E-state index in [1.807, 2.05) is 19.1 Å². The number of aromatic carboxylic acids is 1. The number of carboxylic acid groups (broad SMARTS) is 1. The minimum atomic E-state index is -4.14. The third-order valence-corrected chi connectivity index (χ3v) is 5.08. The Bertz CT molecular complexity index is 903. The standard InChI is InChI=1S/C17H19NO5S/c1-4-12-7-5-6-11(3)15(12)18-24(22,23)14-9-10(2)8-13(16(14)19)17(20)21/h5-9,18-19H,4H2,1-3H3,(H,20,21). The summed E-state index contributed by atoms with van der Waals surface area (Å²) in [5, 5.41) is 19.2. The Balaban J connectivity index is 2.60. The molecule has 24 heavy (non-hydrogen) atoms. The molecule has 0 aromatic heterocycles. The van der Waals surface area contributed by atoms with Gasteiger partial charge in [-0.2, -0.15) is 0 Å². The number of phenols is 1. The van der Waals surface area contributed by atoms with E-state index in [-0.39, 0.29) is 0 Å². The maximum Gasteiger partial charge on any atom is 0.339 e. The maximum absolute atomic E-state index is 12.7. The molecule has 3 N–H and O–H groups in total. The van der Waals surface area contributed by atoms with Gasteiger partial charge in [-0.25, -0.2) is 13.2 Å². The fourth-order valence-electron chi connectivity index (χ4n) is 2.47. The number of benzene rings is 2. The van der Waals surface area contributed by atoms with E-state index in [0.29, 0.717) is 17.7 Å². The smallest absolute Gasteiger partial charge is 0.339 e. The van der Waals surface area contributed by atoms with Crippen molar-refractivity contribution in [3.63, 3.8) is 0 Å². The maximum atomic E-state index is 12.7. The molecule has 0 heterocycles. The van der Waals surface area contributed by atoms with E-state index in [1.165, 1.54) is 12.1 Å². The van der Waals surface area contributed by atoms with Crippen molar-refractivity contribution in [3.8, 4) is 5.75 Å². The minimum Gasteiger partial charge on any atom is -0.506 e. The van der Waals surface area contributed by atoms with Gasteiger partial charge in [0.25, 0.3) is 10.0 Å². The van der Waals surface area contributed by atoms with Crippen LogP contribution in [0.1, 0.15) is 34.0 Å². The number of para-hydroxylation sites is 1. The van der Waals surface area contributed by atoms with Gasteiger partial charge in [0, 0.05) is 0 Å². The lowest BCUT2D eigenvalue weighted by atomic mass is 10.1. The first-order valence-corrected chi connectivity index (χ1v) is 8.84. The molecule has 0 spiro atoms. The fraction of sp³-hybridized carbons (Fsp3) is 0.235. The Hall–Kier alpha value is -2.54. The summed E-state index contributed by atoms with van der Waals surface area (Å²) in [7, 11) is -4.14. The monoisotopic (exact) mass is 349 g/mol. The zero-order valence-corrected chi connectivity index (χ0v) is 14.4. The van der Waals surface area contributed by atoms with Crippen LogP contribution in [0.5, 0.6) is 5.75 Å². The molecular weight excluding hydrogens is 330 g/mol. The second-order valence-electron chi connectivity index (χ2n) is 5.53. The lowest BCUT2D eigenvalue weighted by molar-refractivity contribution is 0.0693. The van der Waals surface area contributed by atoms with E-state index in [9.17, 15) is 18.3 Å². The minimum absolute atomic E-state index is 0.422. The number of carbonyl (C=O) groups is 1. The van der Waals surface area contributed by atoms with Crippen LogP contribution < -0.4 is 4.72 Å². The molecule has 7 heteroatoms. The normalized spacial score (nSPS) is 11.3. The van der Waals surface area contributed by atoms with Crippen molar-refractivity contribution in [2.45, 2.75) is 32.1 Å². The highest BCUT2D eigenvalue weighted by molar-refractivity contribution is 7.92. The lowest BCUT2D eigenvalue weighted by Gasteiger charge is -2.16. The molecule has 0 saturated heterocycles. The molecule has 0 aliphatic carbocycles. The van der Waals surface area contributed by atoms with Crippen molar-refractivity contribution in [2.75, 3.05) is 4.72 Å². The van der Waals surface area contributed by atoms with Gasteiger partial charge in [0.15, 0.2) is 5.75 Å². The highest BCUT2D eigenvalue weighted by atomic mass is 32.2. The molecule has 6 nitrogen and oxygen atoms in total. The van der Waals surface area contributed by atoms with Crippen LogP contribution in [-0.2, 0) is 16.4 Å². The number of aromatic hydroxyl groups is 1. The summed E-state index contributed by atoms with van der Waals surface area (Å²) in [4.78, 5) is 10.7. The highest BCUT2D eigenvalue weighted by Gasteiger charge is 2.25. The number of rotatable bonds is 5. The molecule has 0 radical (unpaired) electrons. The van der Waals surface area contributed by atoms with Crippen LogP contribution >= 0.6 is 0 Å². The quantitative estimate of drug-likeness (QED) is 0.769. The molecule has 0 aliphatic rings. The van der Waals surface area contributed by atoms with Crippen molar-refractivity contribution >= 4 is 21.7 Å². The number of anilines is 1. The molecule has 2 rings (SSSR count). The van der Waals surface area contributed by atoms with Gasteiger partial charge in [-0.1, -0.05) is 25.1 Å². The molecule has 0 atom stereocenters. The SMILES string of the molecule is CCc1cccc(C)c1NS(=O)(=O)c1cc(C)cc(C(=O)O)c1O. The van der Waals surface area contributed by atoms with Crippen molar-refractivity contribution in [3.05, 3.63) is 52.6 Å². The van der Waals surface area contributed by atoms with Gasteiger partial charge in [-0.15, -0.1) is 0 Å². The number of sulfonamides is 1. The summed E-state index contributed by atoms with van der Waals surface area (Å²) in [6.07, 6.45) is 0.625. The predicted octanol–water partition coefficient (Wildman–Crippen LogP) is 3.07. The summed E-state index contributed by atoms with van der Waals surface area (Å²) in [6, 6.07) is 7.88. The Labute approximate surface area is 140 Å². The average Bonchev–Trinajstić information content (AvgIpc) is 2.50. The second-order valence-corrected chi connectivity index (χ2v) is 7.18. The number of carboxylic acids is 1. The van der Waals surface area contributed by atoms with Crippen LogP contribution in [0.25, 0.3) is 0 Å². The largest absolute Gasteiger partial charge is 0.506 e. The van der Waals surface area contributed by atoms with Crippen LogP contribution in [-0.4, -0.2) is 24.6 Å². The van der Waals surface area contributed by atoms with Crippen LogP contribution in [0.3, 0.4) is 0 Å². The van der Waals surface area contributed by atoms with Crippen molar-refractivity contribution < 1.29 is 23.4 Å². The van der Waals surface area contributed by atoms with Gasteiger partial charge in [0.05, 0.1) is 5.69 Å². The molecule has 128 valence electrons. The summed E-state index contributed by atoms with van der Waals surface area (Å²) in [5.74, 6) is -2.16. The third-order valence-electron chi connectivity index (χ3n) is 3.72. The van der Waals surface area contributed by atoms with Crippen LogP contribution in [0.2, 0.25) is 0 Å². The Kier molecular flexibility index (Phi) is 4.84. The summed E-state index contributed by atoms with van der Waals surface area (Å²) >= 11 is 0. The van der Waals surface area contributed by atoms with Crippen LogP contribution in [0, 0.1) is 13.8 Å². The molecule has 0 bridgehead atoms. The number of hydrogen-bond acceptors (Lipinski definition) is 4. The lowest BCUT2D eigenvalue weighted by Crippen LogP contribution is -2.16. The predicted molar refractivity (Wildman–Crippen MR) is 91.2 cm³/mol. The van der Waals surface area contributed by atoms with E-state index < -0.39 is 32.2 Å². The first-order valence-electron chi connectivity index (χ1n) is 7.35. The van der Waals surface area contributed by atoms with Gasteiger partial charge in [0.2, 0.25) is 0 Å². The molecule has 0 unspecified atom stereocenters. The molecule has 0 amide bonds. The molecule has 2 aromatic rings. The van der Waals surface area contributed by atoms with Crippen molar-refractivity contribution in [1.29, 1.82) is 0 Å². The number of nitrogens with one attached hydrogen (secondary N) is 1. The van der Waals surface area contributed by atoms with Crippen molar-refractivity contribution in [1.82, 2.24) is 0 Å². The zero-order chi connectivity index (χ0) is 18.1. The van der Waals surface area contributed by atoms with Crippen LogP contribution in [0.4, 0.5) is 5.69 Å². The van der Waals surface area contributed by atoms with E-state index in [0.717, 1.165) is 11.1 Å². The Morgan fingerprint density at radius 1 is 1.21 bits per heavy atom. The first kappa shape index (κ1) is 17.8.